The molecule has 4 heteroatoms. The summed E-state index contributed by atoms with van der Waals surface area (Å²) in [5.74, 6) is -0.350. The highest BCUT2D eigenvalue weighted by Gasteiger charge is 2.32. The smallest absolute Gasteiger partial charge is 0.303 e. The van der Waals surface area contributed by atoms with Gasteiger partial charge in [-0.1, -0.05) is 36.4 Å². The van der Waals surface area contributed by atoms with Crippen molar-refractivity contribution in [3.05, 3.63) is 48.6 Å². The minimum absolute atomic E-state index is 0.301. The maximum absolute atomic E-state index is 11.0. The maximum Gasteiger partial charge on any atom is 0.303 e. The largest absolute Gasteiger partial charge is 0.457 e. The molecule has 2 rings (SSSR count). The highest BCUT2D eigenvalue weighted by Crippen LogP contribution is 2.27. The van der Waals surface area contributed by atoms with Crippen LogP contribution in [0.3, 0.4) is 0 Å². The molecule has 1 aromatic rings. The van der Waals surface area contributed by atoms with Crippen LogP contribution in [0.25, 0.3) is 0 Å². The SMILES string of the molecule is C=C[C@@H]1O[C@H](c2ccccc2)OC[C@H]1OC(C)=O. The summed E-state index contributed by atoms with van der Waals surface area (Å²) in [5, 5.41) is 0. The monoisotopic (exact) mass is 248 g/mol. The molecule has 1 aliphatic rings. The lowest BCUT2D eigenvalue weighted by Gasteiger charge is -2.34. The number of ether oxygens (including phenoxy) is 3. The van der Waals surface area contributed by atoms with Crippen LogP contribution >= 0.6 is 0 Å². The molecular weight excluding hydrogens is 232 g/mol. The van der Waals surface area contributed by atoms with Crippen LogP contribution in [0.1, 0.15) is 18.8 Å². The van der Waals surface area contributed by atoms with Gasteiger partial charge in [-0.05, 0) is 0 Å². The third-order valence-corrected chi connectivity index (χ3v) is 2.68. The Balaban J connectivity index is 2.04. The van der Waals surface area contributed by atoms with Crippen LogP contribution in [-0.4, -0.2) is 24.8 Å². The van der Waals surface area contributed by atoms with Crippen molar-refractivity contribution in [2.24, 2.45) is 0 Å². The van der Waals surface area contributed by atoms with E-state index in [4.69, 9.17) is 14.2 Å². The summed E-state index contributed by atoms with van der Waals surface area (Å²) in [6.07, 6.45) is 0.403. The first-order chi connectivity index (χ1) is 8.70. The third-order valence-electron chi connectivity index (χ3n) is 2.68. The van der Waals surface area contributed by atoms with Crippen LogP contribution in [-0.2, 0) is 19.0 Å². The van der Waals surface area contributed by atoms with Gasteiger partial charge < -0.3 is 14.2 Å². The number of benzene rings is 1. The second-order valence-corrected chi connectivity index (χ2v) is 4.06. The summed E-state index contributed by atoms with van der Waals surface area (Å²) in [7, 11) is 0. The van der Waals surface area contributed by atoms with E-state index in [-0.39, 0.29) is 12.1 Å². The van der Waals surface area contributed by atoms with Crippen LogP contribution in [0.5, 0.6) is 0 Å². The molecule has 0 bridgehead atoms. The van der Waals surface area contributed by atoms with Gasteiger partial charge in [0.1, 0.15) is 6.10 Å². The van der Waals surface area contributed by atoms with Gasteiger partial charge in [0.2, 0.25) is 0 Å². The quantitative estimate of drug-likeness (QED) is 0.607. The minimum atomic E-state index is -0.444. The van der Waals surface area contributed by atoms with E-state index in [1.165, 1.54) is 6.92 Å². The van der Waals surface area contributed by atoms with Crippen molar-refractivity contribution < 1.29 is 19.0 Å². The standard InChI is InChI=1S/C14H16O4/c1-3-12-13(17-10(2)15)9-16-14(18-12)11-7-5-4-6-8-11/h3-8,12-14H,1,9H2,2H3/t12-,13+,14+/m0/s1. The van der Waals surface area contributed by atoms with Crippen molar-refractivity contribution in [1.82, 2.24) is 0 Å². The number of esters is 1. The Labute approximate surface area is 106 Å². The molecule has 4 nitrogen and oxygen atoms in total. The van der Waals surface area contributed by atoms with E-state index in [2.05, 4.69) is 6.58 Å². The van der Waals surface area contributed by atoms with Gasteiger partial charge >= 0.3 is 5.97 Å². The van der Waals surface area contributed by atoms with Crippen molar-refractivity contribution in [2.75, 3.05) is 6.61 Å². The summed E-state index contributed by atoms with van der Waals surface area (Å²) in [5.41, 5.74) is 0.936. The van der Waals surface area contributed by atoms with Crippen molar-refractivity contribution in [2.45, 2.75) is 25.4 Å². The zero-order chi connectivity index (χ0) is 13.0. The lowest BCUT2D eigenvalue weighted by Crippen LogP contribution is -2.41. The number of carbonyl (C=O) groups is 1. The Bertz CT molecular complexity index is 415. The average Bonchev–Trinajstić information content (AvgIpc) is 2.39. The van der Waals surface area contributed by atoms with Crippen molar-refractivity contribution in [3.63, 3.8) is 0 Å². The molecule has 0 spiro atoms. The second-order valence-electron chi connectivity index (χ2n) is 4.06. The molecule has 1 aliphatic heterocycles. The highest BCUT2D eigenvalue weighted by atomic mass is 16.7. The lowest BCUT2D eigenvalue weighted by atomic mass is 10.1. The van der Waals surface area contributed by atoms with Crippen LogP contribution in [0.2, 0.25) is 0 Å². The fourth-order valence-electron chi connectivity index (χ4n) is 1.85. The molecule has 1 fully saturated rings. The molecule has 0 radical (unpaired) electrons. The molecule has 0 aromatic heterocycles. The lowest BCUT2D eigenvalue weighted by molar-refractivity contribution is -0.249. The van der Waals surface area contributed by atoms with E-state index in [0.29, 0.717) is 6.61 Å². The molecule has 1 heterocycles. The van der Waals surface area contributed by atoms with Gasteiger partial charge in [0.15, 0.2) is 12.4 Å². The van der Waals surface area contributed by atoms with Crippen LogP contribution < -0.4 is 0 Å². The Morgan fingerprint density at radius 1 is 1.44 bits per heavy atom. The van der Waals surface area contributed by atoms with E-state index in [1.54, 1.807) is 6.08 Å². The first-order valence-corrected chi connectivity index (χ1v) is 5.82. The van der Waals surface area contributed by atoms with Crippen molar-refractivity contribution in [1.29, 1.82) is 0 Å². The molecular formula is C14H16O4. The van der Waals surface area contributed by atoms with E-state index >= 15 is 0 Å². The molecule has 1 saturated heterocycles. The van der Waals surface area contributed by atoms with Crippen LogP contribution in [0, 0.1) is 0 Å². The van der Waals surface area contributed by atoms with Crippen LogP contribution in [0.4, 0.5) is 0 Å². The van der Waals surface area contributed by atoms with E-state index in [9.17, 15) is 4.79 Å². The summed E-state index contributed by atoms with van der Waals surface area (Å²) < 4.78 is 16.4. The molecule has 0 aliphatic carbocycles. The topological polar surface area (TPSA) is 44.8 Å². The predicted molar refractivity (Wildman–Crippen MR) is 65.8 cm³/mol. The fraction of sp³-hybridized carbons (Fsp3) is 0.357. The van der Waals surface area contributed by atoms with Crippen molar-refractivity contribution in [3.8, 4) is 0 Å². The second kappa shape index (κ2) is 5.80. The number of rotatable bonds is 3. The van der Waals surface area contributed by atoms with Gasteiger partial charge in [-0.25, -0.2) is 0 Å². The Morgan fingerprint density at radius 2 is 2.17 bits per heavy atom. The van der Waals surface area contributed by atoms with Gasteiger partial charge in [0.25, 0.3) is 0 Å². The van der Waals surface area contributed by atoms with E-state index in [1.807, 2.05) is 30.3 Å². The first kappa shape index (κ1) is 12.8. The molecule has 0 unspecified atom stereocenters. The third kappa shape index (κ3) is 2.97. The Hall–Kier alpha value is -1.65. The number of hydrogen-bond donors (Lipinski definition) is 0. The highest BCUT2D eigenvalue weighted by molar-refractivity contribution is 5.66. The summed E-state index contributed by atoms with van der Waals surface area (Å²) in [6.45, 7) is 5.36. The van der Waals surface area contributed by atoms with Crippen molar-refractivity contribution >= 4 is 5.97 Å². The minimum Gasteiger partial charge on any atom is -0.457 e. The van der Waals surface area contributed by atoms with Gasteiger partial charge in [-0.3, -0.25) is 4.79 Å². The van der Waals surface area contributed by atoms with Gasteiger partial charge in [-0.2, -0.15) is 0 Å². The normalized spacial score (nSPS) is 27.5. The maximum atomic E-state index is 11.0. The summed E-state index contributed by atoms with van der Waals surface area (Å²) in [6, 6.07) is 9.62. The molecule has 18 heavy (non-hydrogen) atoms. The molecule has 0 amide bonds. The molecule has 0 saturated carbocycles. The number of hydrogen-bond acceptors (Lipinski definition) is 4. The summed E-state index contributed by atoms with van der Waals surface area (Å²) in [4.78, 5) is 11.0. The molecule has 1 aromatic carbocycles. The molecule has 3 atom stereocenters. The average molecular weight is 248 g/mol. The van der Waals surface area contributed by atoms with Gasteiger partial charge in [0.05, 0.1) is 6.61 Å². The fourth-order valence-corrected chi connectivity index (χ4v) is 1.85. The zero-order valence-corrected chi connectivity index (χ0v) is 10.2. The zero-order valence-electron chi connectivity index (χ0n) is 10.2. The van der Waals surface area contributed by atoms with E-state index in [0.717, 1.165) is 5.56 Å². The van der Waals surface area contributed by atoms with Crippen LogP contribution in [0.15, 0.2) is 43.0 Å². The molecule has 96 valence electrons. The number of carbonyl (C=O) groups excluding carboxylic acids is 1. The predicted octanol–water partition coefficient (Wildman–Crippen LogP) is 2.22. The Kier molecular flexibility index (Phi) is 4.12. The van der Waals surface area contributed by atoms with E-state index < -0.39 is 12.4 Å². The summed E-state index contributed by atoms with van der Waals surface area (Å²) >= 11 is 0. The van der Waals surface area contributed by atoms with Gasteiger partial charge in [-0.15, -0.1) is 6.58 Å². The molecule has 0 N–H and O–H groups in total. The van der Waals surface area contributed by atoms with Gasteiger partial charge in [0, 0.05) is 12.5 Å². The first-order valence-electron chi connectivity index (χ1n) is 5.82. The Morgan fingerprint density at radius 3 is 2.78 bits per heavy atom.